The molecule has 11 heteroatoms. The quantitative estimate of drug-likeness (QED) is 0.275. The van der Waals surface area contributed by atoms with Crippen molar-refractivity contribution in [3.05, 3.63) is 88.6 Å². The topological polar surface area (TPSA) is 137 Å². The first kappa shape index (κ1) is 23.4. The van der Waals surface area contributed by atoms with E-state index in [0.717, 1.165) is 17.6 Å². The summed E-state index contributed by atoms with van der Waals surface area (Å²) in [7, 11) is 0. The molecule has 1 atom stereocenters. The van der Waals surface area contributed by atoms with Crippen LogP contribution in [-0.4, -0.2) is 37.2 Å². The molecule has 1 aliphatic carbocycles. The van der Waals surface area contributed by atoms with E-state index in [1.54, 1.807) is 30.3 Å². The zero-order chi connectivity index (χ0) is 25.2. The number of tetrazole rings is 1. The molecule has 2 N–H and O–H groups in total. The van der Waals surface area contributed by atoms with Gasteiger partial charge in [0.2, 0.25) is 11.6 Å². The van der Waals surface area contributed by atoms with Crippen molar-refractivity contribution in [1.29, 1.82) is 0 Å². The summed E-state index contributed by atoms with van der Waals surface area (Å²) in [5, 5.41) is 36.9. The number of benzene rings is 2. The van der Waals surface area contributed by atoms with Crippen molar-refractivity contribution in [2.45, 2.75) is 25.2 Å². The van der Waals surface area contributed by atoms with Crippen LogP contribution in [0.4, 0.5) is 5.69 Å². The van der Waals surface area contributed by atoms with Gasteiger partial charge in [0.15, 0.2) is 6.20 Å². The van der Waals surface area contributed by atoms with Gasteiger partial charge in [0.25, 0.3) is 0 Å². The molecule has 0 spiro atoms. The average Bonchev–Trinajstić information content (AvgIpc) is 3.52. The number of amides is 1. The number of halogens is 1. The van der Waals surface area contributed by atoms with Crippen LogP contribution in [-0.2, 0) is 4.79 Å². The molecule has 0 unspecified atom stereocenters. The van der Waals surface area contributed by atoms with Gasteiger partial charge in [-0.1, -0.05) is 24.4 Å². The molecule has 10 nitrogen and oxygen atoms in total. The van der Waals surface area contributed by atoms with Crippen LogP contribution in [0.5, 0.6) is 0 Å². The highest BCUT2D eigenvalue weighted by atomic mass is 35.5. The Balaban J connectivity index is 1.45. The predicted molar refractivity (Wildman–Crippen MR) is 131 cm³/mol. The first-order valence-corrected chi connectivity index (χ1v) is 11.7. The summed E-state index contributed by atoms with van der Waals surface area (Å²) in [4.78, 5) is 24.3. The predicted octanol–water partition coefficient (Wildman–Crippen LogP) is 3.84. The maximum Gasteiger partial charge on any atom is 0.335 e. The molecule has 182 valence electrons. The van der Waals surface area contributed by atoms with Crippen molar-refractivity contribution in [2.75, 3.05) is 5.32 Å². The van der Waals surface area contributed by atoms with Gasteiger partial charge in [-0.05, 0) is 71.3 Å². The van der Waals surface area contributed by atoms with E-state index in [9.17, 15) is 14.8 Å². The van der Waals surface area contributed by atoms with Gasteiger partial charge >= 0.3 is 5.97 Å². The van der Waals surface area contributed by atoms with Gasteiger partial charge in [0.1, 0.15) is 12.2 Å². The van der Waals surface area contributed by atoms with Crippen LogP contribution in [0, 0.1) is 11.1 Å². The van der Waals surface area contributed by atoms with Crippen molar-refractivity contribution < 1.29 is 19.4 Å². The second kappa shape index (κ2) is 9.74. The molecule has 36 heavy (non-hydrogen) atoms. The van der Waals surface area contributed by atoms with E-state index in [2.05, 4.69) is 20.8 Å². The summed E-state index contributed by atoms with van der Waals surface area (Å²) in [6.45, 7) is 0. The largest absolute Gasteiger partial charge is 0.618 e. The standard InChI is InChI=1S/C25H21ClN6O4/c26-18-6-10-22(31-14-27-29-30-31)20(12-18)17-5-9-23(32(36)13-17)21(11-15-1-2-15)24(33)28-19-7-3-16(4-8-19)25(34)35/h3-10,12-15,21H,1-2,11H2,(H,28,33)(H,34,35)/t21-/m0/s1. The first-order chi connectivity index (χ1) is 17.4. The molecular formula is C25H21ClN6O4. The van der Waals surface area contributed by atoms with Crippen LogP contribution in [0.15, 0.2) is 67.1 Å². The minimum Gasteiger partial charge on any atom is -0.618 e. The van der Waals surface area contributed by atoms with Crippen molar-refractivity contribution in [3.63, 3.8) is 0 Å². The monoisotopic (exact) mass is 504 g/mol. The third-order valence-electron chi connectivity index (χ3n) is 6.15. The molecule has 2 heterocycles. The molecule has 5 rings (SSSR count). The third-order valence-corrected chi connectivity index (χ3v) is 6.38. The van der Waals surface area contributed by atoms with Crippen LogP contribution < -0.4 is 10.0 Å². The summed E-state index contributed by atoms with van der Waals surface area (Å²) < 4.78 is 2.20. The lowest BCUT2D eigenvalue weighted by atomic mass is 9.95. The number of aromatic carboxylic acids is 1. The Morgan fingerprint density at radius 2 is 1.94 bits per heavy atom. The maximum atomic E-state index is 13.2. The van der Waals surface area contributed by atoms with Crippen molar-refractivity contribution >= 4 is 29.2 Å². The van der Waals surface area contributed by atoms with Crippen molar-refractivity contribution in [2.24, 2.45) is 5.92 Å². The number of carbonyl (C=O) groups is 2. The number of nitrogens with one attached hydrogen (secondary N) is 1. The van der Waals surface area contributed by atoms with Gasteiger partial charge < -0.3 is 15.6 Å². The first-order valence-electron chi connectivity index (χ1n) is 11.3. The van der Waals surface area contributed by atoms with Crippen LogP contribution in [0.3, 0.4) is 0 Å². The lowest BCUT2D eigenvalue weighted by molar-refractivity contribution is -0.614. The fourth-order valence-electron chi connectivity index (χ4n) is 4.11. The van der Waals surface area contributed by atoms with E-state index in [1.165, 1.54) is 41.5 Å². The number of carbonyl (C=O) groups excluding carboxylic acids is 1. The Kier molecular flexibility index (Phi) is 6.34. The van der Waals surface area contributed by atoms with Gasteiger partial charge in [-0.25, -0.2) is 4.79 Å². The number of nitrogens with zero attached hydrogens (tertiary/aromatic N) is 5. The SMILES string of the molecule is O=C(O)c1ccc(NC(=O)[C@@H](CC2CC2)c2ccc(-c3cc(Cl)ccc3-n3cnnn3)c[n+]2[O-])cc1. The number of carboxylic acid groups (broad SMARTS) is 1. The zero-order valence-electron chi connectivity index (χ0n) is 18.9. The summed E-state index contributed by atoms with van der Waals surface area (Å²) >= 11 is 6.23. The van der Waals surface area contributed by atoms with Gasteiger partial charge in [0.05, 0.1) is 11.3 Å². The fraction of sp³-hybridized carbons (Fsp3) is 0.200. The summed E-state index contributed by atoms with van der Waals surface area (Å²) in [5.74, 6) is -1.65. The van der Waals surface area contributed by atoms with E-state index >= 15 is 0 Å². The van der Waals surface area contributed by atoms with Crippen LogP contribution >= 0.6 is 11.6 Å². The normalized spacial score (nSPS) is 13.8. The van der Waals surface area contributed by atoms with Gasteiger partial charge in [-0.15, -0.1) is 5.10 Å². The fourth-order valence-corrected chi connectivity index (χ4v) is 4.28. The highest BCUT2D eigenvalue weighted by Crippen LogP contribution is 2.39. The van der Waals surface area contributed by atoms with E-state index in [4.69, 9.17) is 16.7 Å². The maximum absolute atomic E-state index is 13.2. The van der Waals surface area contributed by atoms with Gasteiger partial charge in [-0.3, -0.25) is 4.79 Å². The second-order valence-corrected chi connectivity index (χ2v) is 9.12. The molecule has 0 radical (unpaired) electrons. The molecule has 2 aromatic carbocycles. The molecular weight excluding hydrogens is 484 g/mol. The molecule has 1 amide bonds. The highest BCUT2D eigenvalue weighted by Gasteiger charge is 2.35. The van der Waals surface area contributed by atoms with E-state index in [1.807, 2.05) is 0 Å². The van der Waals surface area contributed by atoms with Crippen molar-refractivity contribution in [1.82, 2.24) is 20.2 Å². The Bertz CT molecular complexity index is 1420. The molecule has 1 fully saturated rings. The number of carboxylic acids is 1. The Labute approximate surface area is 210 Å². The summed E-state index contributed by atoms with van der Waals surface area (Å²) in [6.07, 6.45) is 5.46. The van der Waals surface area contributed by atoms with Crippen LogP contribution in [0.25, 0.3) is 16.8 Å². The second-order valence-electron chi connectivity index (χ2n) is 8.69. The molecule has 1 saturated carbocycles. The number of pyridine rings is 1. The number of aromatic nitrogens is 5. The molecule has 2 aromatic heterocycles. The summed E-state index contributed by atoms with van der Waals surface area (Å²) in [6, 6.07) is 14.5. The molecule has 0 aliphatic heterocycles. The lowest BCUT2D eigenvalue weighted by Crippen LogP contribution is -2.37. The summed E-state index contributed by atoms with van der Waals surface area (Å²) in [5.41, 5.74) is 2.82. The highest BCUT2D eigenvalue weighted by molar-refractivity contribution is 6.31. The lowest BCUT2D eigenvalue weighted by Gasteiger charge is -2.17. The Morgan fingerprint density at radius 3 is 2.58 bits per heavy atom. The molecule has 1 aliphatic rings. The molecule has 0 saturated heterocycles. The van der Waals surface area contributed by atoms with Crippen LogP contribution in [0.1, 0.15) is 41.2 Å². The van der Waals surface area contributed by atoms with Crippen LogP contribution in [0.2, 0.25) is 5.02 Å². The van der Waals surface area contributed by atoms with Crippen molar-refractivity contribution in [3.8, 4) is 16.8 Å². The van der Waals surface area contributed by atoms with Gasteiger partial charge in [0, 0.05) is 27.9 Å². The number of anilines is 1. The minimum absolute atomic E-state index is 0.123. The molecule has 4 aromatic rings. The van der Waals surface area contributed by atoms with E-state index in [0.29, 0.717) is 45.6 Å². The molecule has 0 bridgehead atoms. The number of hydrogen-bond donors (Lipinski definition) is 2. The zero-order valence-corrected chi connectivity index (χ0v) is 19.7. The smallest absolute Gasteiger partial charge is 0.335 e. The minimum atomic E-state index is -1.05. The average molecular weight is 505 g/mol. The number of rotatable bonds is 8. The van der Waals surface area contributed by atoms with E-state index in [-0.39, 0.29) is 11.5 Å². The van der Waals surface area contributed by atoms with E-state index < -0.39 is 11.9 Å². The Morgan fingerprint density at radius 1 is 1.17 bits per heavy atom. The van der Waals surface area contributed by atoms with Gasteiger partial charge in [-0.2, -0.15) is 9.41 Å². The number of hydrogen-bond acceptors (Lipinski definition) is 6. The Hall–Kier alpha value is -4.31. The third kappa shape index (κ3) is 5.03.